The van der Waals surface area contributed by atoms with Crippen molar-refractivity contribution in [2.45, 2.75) is 52.6 Å². The molecule has 0 spiro atoms. The second-order valence-electron chi connectivity index (χ2n) is 7.03. The molecular weight excluding hydrogens is 268 g/mol. The molecule has 4 nitrogen and oxygen atoms in total. The van der Waals surface area contributed by atoms with Crippen LogP contribution in [0.4, 0.5) is 0 Å². The minimum absolute atomic E-state index is 0.0756. The van der Waals surface area contributed by atoms with Gasteiger partial charge in [0, 0.05) is 18.8 Å². The van der Waals surface area contributed by atoms with Crippen LogP contribution in [0.2, 0.25) is 0 Å². The van der Waals surface area contributed by atoms with E-state index in [4.69, 9.17) is 4.74 Å². The zero-order valence-corrected chi connectivity index (χ0v) is 13.2. The van der Waals surface area contributed by atoms with Gasteiger partial charge in [-0.2, -0.15) is 0 Å². The molecule has 0 saturated heterocycles. The lowest BCUT2D eigenvalue weighted by molar-refractivity contribution is -0.140. The second-order valence-corrected chi connectivity index (χ2v) is 7.03. The Balaban J connectivity index is 2.30. The number of esters is 1. The molecule has 4 heteroatoms. The normalized spacial score (nSPS) is 39.3. The zero-order valence-electron chi connectivity index (χ0n) is 13.2. The Kier molecular flexibility index (Phi) is 3.87. The van der Waals surface area contributed by atoms with Crippen molar-refractivity contribution < 1.29 is 19.4 Å². The molecule has 0 aromatic rings. The van der Waals surface area contributed by atoms with Gasteiger partial charge >= 0.3 is 5.97 Å². The SMILES string of the molecule is CC(=O)OCC1=CC(=O)C[C@]1(C)[C@]1(C)C=C[C@@](C)(O)CC1. The minimum Gasteiger partial charge on any atom is -0.461 e. The maximum absolute atomic E-state index is 11.9. The summed E-state index contributed by atoms with van der Waals surface area (Å²) in [4.78, 5) is 23.0. The lowest BCUT2D eigenvalue weighted by Gasteiger charge is -2.47. The average molecular weight is 292 g/mol. The summed E-state index contributed by atoms with van der Waals surface area (Å²) < 4.78 is 5.11. The largest absolute Gasteiger partial charge is 0.461 e. The Morgan fingerprint density at radius 3 is 2.48 bits per heavy atom. The van der Waals surface area contributed by atoms with Gasteiger partial charge in [0.25, 0.3) is 0 Å². The highest BCUT2D eigenvalue weighted by Gasteiger charge is 2.51. The third kappa shape index (κ3) is 2.95. The van der Waals surface area contributed by atoms with E-state index in [-0.39, 0.29) is 29.2 Å². The van der Waals surface area contributed by atoms with Crippen LogP contribution in [0.15, 0.2) is 23.8 Å². The molecule has 0 fully saturated rings. The quantitative estimate of drug-likeness (QED) is 0.641. The molecule has 0 amide bonds. The number of ether oxygens (including phenoxy) is 1. The van der Waals surface area contributed by atoms with E-state index in [2.05, 4.69) is 13.8 Å². The molecule has 2 aliphatic carbocycles. The van der Waals surface area contributed by atoms with Gasteiger partial charge in [0.1, 0.15) is 6.61 Å². The molecule has 0 aromatic carbocycles. The fraction of sp³-hybridized carbons (Fsp3) is 0.647. The first-order valence-electron chi connectivity index (χ1n) is 7.38. The summed E-state index contributed by atoms with van der Waals surface area (Å²) in [6, 6.07) is 0. The Hall–Kier alpha value is -1.42. The van der Waals surface area contributed by atoms with Crippen molar-refractivity contribution >= 4 is 11.8 Å². The molecule has 21 heavy (non-hydrogen) atoms. The van der Waals surface area contributed by atoms with Crippen LogP contribution in [0, 0.1) is 10.8 Å². The lowest BCUT2D eigenvalue weighted by atomic mass is 9.57. The van der Waals surface area contributed by atoms with Gasteiger partial charge < -0.3 is 9.84 Å². The predicted octanol–water partition coefficient (Wildman–Crippen LogP) is 2.56. The number of hydrogen-bond acceptors (Lipinski definition) is 4. The summed E-state index contributed by atoms with van der Waals surface area (Å²) in [6.45, 7) is 7.49. The van der Waals surface area contributed by atoms with Gasteiger partial charge in [0.15, 0.2) is 5.78 Å². The van der Waals surface area contributed by atoms with Crippen molar-refractivity contribution in [2.75, 3.05) is 6.61 Å². The number of carbonyl (C=O) groups excluding carboxylic acids is 2. The van der Waals surface area contributed by atoms with Crippen LogP contribution in [-0.4, -0.2) is 29.1 Å². The standard InChI is InChI=1S/C17H24O4/c1-12(18)21-11-13-9-14(19)10-17(13,4)15(2)5-7-16(3,20)8-6-15/h5,7,9,20H,6,8,10-11H2,1-4H3/t15-,16-,17+/m1/s1. The van der Waals surface area contributed by atoms with Crippen molar-refractivity contribution in [2.24, 2.45) is 10.8 Å². The maximum Gasteiger partial charge on any atom is 0.302 e. The fourth-order valence-corrected chi connectivity index (χ4v) is 3.32. The molecule has 2 aliphatic rings. The molecule has 2 rings (SSSR count). The van der Waals surface area contributed by atoms with E-state index in [1.165, 1.54) is 6.92 Å². The number of allylic oxidation sites excluding steroid dienone is 2. The van der Waals surface area contributed by atoms with Crippen molar-refractivity contribution in [1.82, 2.24) is 0 Å². The molecule has 116 valence electrons. The van der Waals surface area contributed by atoms with E-state index in [1.54, 1.807) is 13.0 Å². The average Bonchev–Trinajstić information content (AvgIpc) is 2.67. The molecule has 0 radical (unpaired) electrons. The monoisotopic (exact) mass is 292 g/mol. The third-order valence-electron chi connectivity index (χ3n) is 5.22. The molecule has 0 unspecified atom stereocenters. The van der Waals surface area contributed by atoms with Gasteiger partial charge in [-0.15, -0.1) is 0 Å². The van der Waals surface area contributed by atoms with E-state index in [0.717, 1.165) is 12.0 Å². The highest BCUT2D eigenvalue weighted by molar-refractivity contribution is 5.94. The maximum atomic E-state index is 11.9. The molecule has 0 heterocycles. The van der Waals surface area contributed by atoms with Gasteiger partial charge in [-0.25, -0.2) is 0 Å². The first-order chi connectivity index (χ1) is 9.58. The zero-order chi connectivity index (χ0) is 15.9. The van der Waals surface area contributed by atoms with E-state index < -0.39 is 5.60 Å². The molecular formula is C17H24O4. The molecule has 3 atom stereocenters. The Morgan fingerprint density at radius 2 is 1.95 bits per heavy atom. The highest BCUT2D eigenvalue weighted by atomic mass is 16.5. The van der Waals surface area contributed by atoms with Gasteiger partial charge in [-0.1, -0.05) is 26.0 Å². The Morgan fingerprint density at radius 1 is 1.29 bits per heavy atom. The van der Waals surface area contributed by atoms with Crippen molar-refractivity contribution in [3.8, 4) is 0 Å². The Labute approximate surface area is 125 Å². The highest BCUT2D eigenvalue weighted by Crippen LogP contribution is 2.56. The smallest absolute Gasteiger partial charge is 0.302 e. The van der Waals surface area contributed by atoms with Crippen LogP contribution in [0.3, 0.4) is 0 Å². The summed E-state index contributed by atoms with van der Waals surface area (Å²) in [5.41, 5.74) is -0.505. The van der Waals surface area contributed by atoms with Crippen LogP contribution >= 0.6 is 0 Å². The van der Waals surface area contributed by atoms with Crippen LogP contribution in [0.1, 0.15) is 47.0 Å². The van der Waals surface area contributed by atoms with Gasteiger partial charge in [0.05, 0.1) is 5.60 Å². The third-order valence-corrected chi connectivity index (χ3v) is 5.22. The van der Waals surface area contributed by atoms with Crippen molar-refractivity contribution in [1.29, 1.82) is 0 Å². The second kappa shape index (κ2) is 5.09. The van der Waals surface area contributed by atoms with Crippen molar-refractivity contribution in [3.63, 3.8) is 0 Å². The number of carbonyl (C=O) groups is 2. The summed E-state index contributed by atoms with van der Waals surface area (Å²) in [6.07, 6.45) is 7.34. The van der Waals surface area contributed by atoms with Gasteiger partial charge in [-0.3, -0.25) is 9.59 Å². The predicted molar refractivity (Wildman–Crippen MR) is 79.6 cm³/mol. The summed E-state index contributed by atoms with van der Waals surface area (Å²) in [5, 5.41) is 10.1. The number of rotatable bonds is 3. The molecule has 1 N–H and O–H groups in total. The van der Waals surface area contributed by atoms with Crippen molar-refractivity contribution in [3.05, 3.63) is 23.8 Å². The summed E-state index contributed by atoms with van der Waals surface area (Å²) in [5.74, 6) is -0.267. The van der Waals surface area contributed by atoms with Gasteiger partial charge in [-0.05, 0) is 36.8 Å². The number of hydrogen-bond donors (Lipinski definition) is 1. The molecule has 0 aromatic heterocycles. The van der Waals surface area contributed by atoms with Gasteiger partial charge in [0.2, 0.25) is 0 Å². The minimum atomic E-state index is -0.780. The molecule has 0 aliphatic heterocycles. The first kappa shape index (κ1) is 16.0. The molecule has 0 bridgehead atoms. The van der Waals surface area contributed by atoms with E-state index in [0.29, 0.717) is 12.8 Å². The Bertz CT molecular complexity index is 529. The van der Waals surface area contributed by atoms with Crippen LogP contribution in [0.25, 0.3) is 0 Å². The van der Waals surface area contributed by atoms with Crippen LogP contribution in [0.5, 0.6) is 0 Å². The summed E-state index contributed by atoms with van der Waals surface area (Å²) >= 11 is 0. The van der Waals surface area contributed by atoms with E-state index in [9.17, 15) is 14.7 Å². The molecule has 0 saturated carbocycles. The summed E-state index contributed by atoms with van der Waals surface area (Å²) in [7, 11) is 0. The topological polar surface area (TPSA) is 63.6 Å². The first-order valence-corrected chi connectivity index (χ1v) is 7.38. The number of aliphatic hydroxyl groups is 1. The number of ketones is 1. The lowest BCUT2D eigenvalue weighted by Crippen LogP contribution is -2.42. The van der Waals surface area contributed by atoms with E-state index >= 15 is 0 Å². The fourth-order valence-electron chi connectivity index (χ4n) is 3.32. The van der Waals surface area contributed by atoms with Crippen LogP contribution in [-0.2, 0) is 14.3 Å². The van der Waals surface area contributed by atoms with E-state index in [1.807, 2.05) is 12.2 Å². The van der Waals surface area contributed by atoms with Crippen LogP contribution < -0.4 is 0 Å².